The lowest BCUT2D eigenvalue weighted by molar-refractivity contribution is -0.202. The van der Waals surface area contributed by atoms with Gasteiger partial charge in [0.1, 0.15) is 12.4 Å². The highest BCUT2D eigenvalue weighted by Gasteiger charge is 2.43. The maximum absolute atomic E-state index is 12.0. The first kappa shape index (κ1) is 37.1. The number of allylic oxidation sites excluding steroid dienone is 2. The number of hydrogen-bond donors (Lipinski definition) is 1. The number of halogens is 1. The summed E-state index contributed by atoms with van der Waals surface area (Å²) in [5.74, 6) is 0.798. The lowest BCUT2D eigenvalue weighted by Crippen LogP contribution is -2.34. The SMILES string of the molecule is CC(C)(C)C(=O)OCCCC/C=C\C[C@@H]1[C@@H](CC[C@H](COc2cccc(Cl)c2)OC2CCCCO2)[C@H](OC2CCCCO2)C[C@@H]1O. The van der Waals surface area contributed by atoms with Gasteiger partial charge < -0.3 is 33.5 Å². The Kier molecular flexibility index (Phi) is 15.6. The number of benzene rings is 1. The molecule has 2 heterocycles. The number of carbonyl (C=O) groups is 1. The average molecular weight is 665 g/mol. The molecule has 3 fully saturated rings. The van der Waals surface area contributed by atoms with Crippen molar-refractivity contribution in [1.82, 2.24) is 0 Å². The van der Waals surface area contributed by atoms with Crippen molar-refractivity contribution in [3.63, 3.8) is 0 Å². The molecule has 0 radical (unpaired) electrons. The fourth-order valence-electron chi connectivity index (χ4n) is 6.52. The molecule has 3 aliphatic rings. The van der Waals surface area contributed by atoms with Crippen molar-refractivity contribution < 1.29 is 38.3 Å². The number of rotatable bonds is 17. The van der Waals surface area contributed by atoms with E-state index in [0.29, 0.717) is 30.4 Å². The minimum atomic E-state index is -0.470. The van der Waals surface area contributed by atoms with E-state index in [9.17, 15) is 9.90 Å². The third-order valence-electron chi connectivity index (χ3n) is 9.18. The van der Waals surface area contributed by atoms with E-state index in [1.54, 1.807) is 0 Å². The third kappa shape index (κ3) is 12.7. The minimum absolute atomic E-state index is 0.0746. The first-order chi connectivity index (χ1) is 22.2. The van der Waals surface area contributed by atoms with Crippen LogP contribution in [0.1, 0.15) is 104 Å². The molecule has 1 aromatic carbocycles. The predicted octanol–water partition coefficient (Wildman–Crippen LogP) is 8.03. The maximum Gasteiger partial charge on any atom is 0.311 e. The molecule has 9 heteroatoms. The molecule has 7 atom stereocenters. The fourth-order valence-corrected chi connectivity index (χ4v) is 6.70. The smallest absolute Gasteiger partial charge is 0.311 e. The van der Waals surface area contributed by atoms with Gasteiger partial charge in [0.25, 0.3) is 0 Å². The summed E-state index contributed by atoms with van der Waals surface area (Å²) in [5, 5.41) is 11.9. The van der Waals surface area contributed by atoms with Gasteiger partial charge in [0, 0.05) is 24.7 Å². The summed E-state index contributed by atoms with van der Waals surface area (Å²) in [7, 11) is 0. The maximum atomic E-state index is 12.0. The Morgan fingerprint density at radius 2 is 1.80 bits per heavy atom. The lowest BCUT2D eigenvalue weighted by atomic mass is 9.86. The van der Waals surface area contributed by atoms with Crippen LogP contribution >= 0.6 is 11.6 Å². The molecule has 2 aliphatic heterocycles. The first-order valence-corrected chi connectivity index (χ1v) is 18.0. The van der Waals surface area contributed by atoms with Gasteiger partial charge in [0.05, 0.1) is 30.3 Å². The normalized spacial score (nSPS) is 27.9. The fraction of sp³-hybridized carbons (Fsp3) is 0.757. The lowest BCUT2D eigenvalue weighted by Gasteiger charge is -2.32. The molecule has 2 saturated heterocycles. The number of aliphatic hydroxyl groups is 1. The molecule has 2 unspecified atom stereocenters. The molecule has 1 saturated carbocycles. The quantitative estimate of drug-likeness (QED) is 0.102. The minimum Gasteiger partial charge on any atom is -0.491 e. The molecule has 4 rings (SSSR count). The van der Waals surface area contributed by atoms with E-state index in [4.69, 9.17) is 40.0 Å². The zero-order chi connectivity index (χ0) is 32.8. The molecule has 1 aliphatic carbocycles. The number of carbonyl (C=O) groups excluding carboxylic acids is 1. The van der Waals surface area contributed by atoms with Crippen molar-refractivity contribution in [2.45, 2.75) is 135 Å². The van der Waals surface area contributed by atoms with Crippen molar-refractivity contribution in [2.24, 2.45) is 17.3 Å². The zero-order valence-corrected chi connectivity index (χ0v) is 29.0. The van der Waals surface area contributed by atoms with Gasteiger partial charge in [0.15, 0.2) is 12.6 Å². The Hall–Kier alpha value is -1.68. The average Bonchev–Trinajstić information content (AvgIpc) is 3.33. The van der Waals surface area contributed by atoms with E-state index in [1.165, 1.54) is 0 Å². The standard InChI is InChI=1S/C37H57ClO8/c1-37(2,3)36(40)43-23-10-6-4-5-7-16-30-31(33(25-32(30)39)46-35-18-9-12-22-42-35)20-19-29(45-34-17-8-11-21-41-34)26-44-28-15-13-14-27(38)24-28/h5,7,13-15,24,29-35,39H,4,6,8-12,16-23,25-26H2,1-3H3/b7-5-/t29-,30-,31-,32+,33-,34?,35?/m1/s1. The molecule has 1 N–H and O–H groups in total. The number of aliphatic hydroxyl groups excluding tert-OH is 1. The highest BCUT2D eigenvalue weighted by molar-refractivity contribution is 6.30. The largest absolute Gasteiger partial charge is 0.491 e. The van der Waals surface area contributed by atoms with Crippen LogP contribution in [-0.2, 0) is 28.5 Å². The van der Waals surface area contributed by atoms with Crippen LogP contribution in [0.5, 0.6) is 5.75 Å². The van der Waals surface area contributed by atoms with Gasteiger partial charge in [-0.2, -0.15) is 0 Å². The molecular formula is C37H57ClO8. The topological polar surface area (TPSA) is 92.7 Å². The van der Waals surface area contributed by atoms with Crippen LogP contribution < -0.4 is 4.74 Å². The summed E-state index contributed by atoms with van der Waals surface area (Å²) in [6, 6.07) is 7.44. The van der Waals surface area contributed by atoms with Gasteiger partial charge in [0.2, 0.25) is 0 Å². The molecule has 1 aromatic rings. The summed E-state index contributed by atoms with van der Waals surface area (Å²) >= 11 is 6.20. The van der Waals surface area contributed by atoms with Crippen molar-refractivity contribution in [3.8, 4) is 5.75 Å². The molecule has 260 valence electrons. The molecule has 0 bridgehead atoms. The van der Waals surface area contributed by atoms with Crippen LogP contribution in [0.3, 0.4) is 0 Å². The van der Waals surface area contributed by atoms with E-state index in [-0.39, 0.29) is 42.6 Å². The van der Waals surface area contributed by atoms with Crippen molar-refractivity contribution in [1.29, 1.82) is 0 Å². The van der Waals surface area contributed by atoms with Gasteiger partial charge in [-0.3, -0.25) is 4.79 Å². The van der Waals surface area contributed by atoms with E-state index < -0.39 is 11.5 Å². The monoisotopic (exact) mass is 664 g/mol. The summed E-state index contributed by atoms with van der Waals surface area (Å²) < 4.78 is 36.4. The summed E-state index contributed by atoms with van der Waals surface area (Å²) in [6.45, 7) is 7.89. The second kappa shape index (κ2) is 19.4. The number of esters is 1. The van der Waals surface area contributed by atoms with Gasteiger partial charge in [-0.1, -0.05) is 29.8 Å². The van der Waals surface area contributed by atoms with Gasteiger partial charge >= 0.3 is 5.97 Å². The van der Waals surface area contributed by atoms with E-state index in [1.807, 2.05) is 45.0 Å². The van der Waals surface area contributed by atoms with E-state index >= 15 is 0 Å². The molecular weight excluding hydrogens is 608 g/mol. The van der Waals surface area contributed by atoms with Crippen LogP contribution in [0.15, 0.2) is 36.4 Å². The van der Waals surface area contributed by atoms with Gasteiger partial charge in [-0.05, 0) is 128 Å². The number of unbranched alkanes of at least 4 members (excludes halogenated alkanes) is 2. The van der Waals surface area contributed by atoms with Crippen LogP contribution in [-0.4, -0.2) is 68.4 Å². The number of ether oxygens (including phenoxy) is 6. The van der Waals surface area contributed by atoms with E-state index in [2.05, 4.69) is 12.2 Å². The Balaban J connectivity index is 1.34. The molecule has 0 spiro atoms. The highest BCUT2D eigenvalue weighted by atomic mass is 35.5. The molecule has 0 aromatic heterocycles. The van der Waals surface area contributed by atoms with E-state index in [0.717, 1.165) is 90.3 Å². The van der Waals surface area contributed by atoms with Crippen LogP contribution in [0.4, 0.5) is 0 Å². The second-order valence-corrected chi connectivity index (χ2v) is 14.5. The van der Waals surface area contributed by atoms with Crippen molar-refractivity contribution in [2.75, 3.05) is 26.4 Å². The Morgan fingerprint density at radius 1 is 1.04 bits per heavy atom. The summed E-state index contributed by atoms with van der Waals surface area (Å²) in [5.41, 5.74) is -0.470. The van der Waals surface area contributed by atoms with Gasteiger partial charge in [-0.15, -0.1) is 0 Å². The predicted molar refractivity (Wildman–Crippen MR) is 179 cm³/mol. The molecule has 8 nitrogen and oxygen atoms in total. The zero-order valence-electron chi connectivity index (χ0n) is 28.2. The first-order valence-electron chi connectivity index (χ1n) is 17.6. The Morgan fingerprint density at radius 3 is 2.50 bits per heavy atom. The number of hydrogen-bond acceptors (Lipinski definition) is 8. The van der Waals surface area contributed by atoms with Crippen LogP contribution in [0.25, 0.3) is 0 Å². The second-order valence-electron chi connectivity index (χ2n) is 14.1. The molecule has 0 amide bonds. The summed E-state index contributed by atoms with van der Waals surface area (Å²) in [4.78, 5) is 12.0. The van der Waals surface area contributed by atoms with Crippen LogP contribution in [0.2, 0.25) is 5.02 Å². The Labute approximate surface area is 281 Å². The highest BCUT2D eigenvalue weighted by Crippen LogP contribution is 2.41. The van der Waals surface area contributed by atoms with Gasteiger partial charge in [-0.25, -0.2) is 0 Å². The van der Waals surface area contributed by atoms with Crippen molar-refractivity contribution >= 4 is 17.6 Å². The van der Waals surface area contributed by atoms with Crippen LogP contribution in [0, 0.1) is 17.3 Å². The van der Waals surface area contributed by atoms with Crippen molar-refractivity contribution in [3.05, 3.63) is 41.4 Å². The molecule has 46 heavy (non-hydrogen) atoms. The summed E-state index contributed by atoms with van der Waals surface area (Å²) in [6.07, 6.45) is 15.1. The Bertz CT molecular complexity index is 1050. The third-order valence-corrected chi connectivity index (χ3v) is 9.42.